The van der Waals surface area contributed by atoms with Crippen molar-refractivity contribution in [2.24, 2.45) is 7.05 Å². The molecule has 7 nitrogen and oxygen atoms in total. The van der Waals surface area contributed by atoms with E-state index < -0.39 is 10.0 Å². The third-order valence-electron chi connectivity index (χ3n) is 2.38. The van der Waals surface area contributed by atoms with Gasteiger partial charge in [0.1, 0.15) is 4.90 Å². The van der Waals surface area contributed by atoms with E-state index in [0.29, 0.717) is 5.69 Å². The quantitative estimate of drug-likeness (QED) is 0.843. The van der Waals surface area contributed by atoms with E-state index in [1.54, 1.807) is 26.2 Å². The smallest absolute Gasteiger partial charge is 0.267 e. The fraction of sp³-hybridized carbons (Fsp3) is 0.200. The predicted molar refractivity (Wildman–Crippen MR) is 67.4 cm³/mol. The molecule has 96 valence electrons. The minimum absolute atomic E-state index is 0.0308. The Labute approximate surface area is 105 Å². The maximum Gasteiger partial charge on any atom is 0.267 e. The molecular formula is C10H13N5O2S. The molecule has 0 fully saturated rings. The summed E-state index contributed by atoms with van der Waals surface area (Å²) in [6, 6.07) is 1.58. The van der Waals surface area contributed by atoms with Crippen LogP contribution in [0.5, 0.6) is 0 Å². The topological polar surface area (TPSA) is 103 Å². The predicted octanol–water partition coefficient (Wildman–Crippen LogP) is 0.507. The summed E-state index contributed by atoms with van der Waals surface area (Å²) in [6.45, 7) is 1.76. The lowest BCUT2D eigenvalue weighted by atomic mass is 10.3. The Kier molecular flexibility index (Phi) is 2.95. The average Bonchev–Trinajstić information content (AvgIpc) is 2.62. The first-order valence-electron chi connectivity index (χ1n) is 5.13. The highest BCUT2D eigenvalue weighted by Gasteiger charge is 2.21. The summed E-state index contributed by atoms with van der Waals surface area (Å²) in [6.07, 6.45) is 4.44. The molecule has 2 aromatic heterocycles. The normalized spacial score (nSPS) is 11.4. The fourth-order valence-electron chi connectivity index (χ4n) is 1.48. The lowest BCUT2D eigenvalue weighted by Crippen LogP contribution is -2.14. The molecule has 0 saturated carbocycles. The number of pyridine rings is 1. The van der Waals surface area contributed by atoms with Gasteiger partial charge >= 0.3 is 0 Å². The van der Waals surface area contributed by atoms with E-state index in [0.717, 1.165) is 5.56 Å². The number of aryl methyl sites for hydroxylation is 2. The highest BCUT2D eigenvalue weighted by Crippen LogP contribution is 2.21. The van der Waals surface area contributed by atoms with Crippen molar-refractivity contribution in [2.45, 2.75) is 11.8 Å². The van der Waals surface area contributed by atoms with Crippen LogP contribution in [0.15, 0.2) is 29.6 Å². The number of rotatable bonds is 3. The average molecular weight is 267 g/mol. The van der Waals surface area contributed by atoms with Gasteiger partial charge in [0.2, 0.25) is 0 Å². The van der Waals surface area contributed by atoms with Gasteiger partial charge in [0.15, 0.2) is 5.82 Å². The van der Waals surface area contributed by atoms with E-state index in [1.165, 1.54) is 17.1 Å². The van der Waals surface area contributed by atoms with Gasteiger partial charge in [0, 0.05) is 25.6 Å². The molecule has 0 aliphatic heterocycles. The van der Waals surface area contributed by atoms with E-state index in [4.69, 9.17) is 5.73 Å². The summed E-state index contributed by atoms with van der Waals surface area (Å²) in [5.74, 6) is -0.0308. The van der Waals surface area contributed by atoms with Crippen LogP contribution in [0.3, 0.4) is 0 Å². The van der Waals surface area contributed by atoms with Crippen LogP contribution in [0.1, 0.15) is 5.56 Å². The maximum absolute atomic E-state index is 12.1. The molecule has 0 saturated heterocycles. The Morgan fingerprint density at radius 2 is 2.17 bits per heavy atom. The monoisotopic (exact) mass is 267 g/mol. The molecule has 8 heteroatoms. The molecule has 0 aromatic carbocycles. The van der Waals surface area contributed by atoms with Gasteiger partial charge in [-0.05, 0) is 18.6 Å². The first-order valence-corrected chi connectivity index (χ1v) is 6.61. The van der Waals surface area contributed by atoms with Crippen molar-refractivity contribution < 1.29 is 8.42 Å². The molecule has 0 radical (unpaired) electrons. The largest absolute Gasteiger partial charge is 0.381 e. The maximum atomic E-state index is 12.1. The van der Waals surface area contributed by atoms with Crippen LogP contribution < -0.4 is 10.5 Å². The molecule has 0 aliphatic carbocycles. The molecule has 0 aliphatic rings. The fourth-order valence-corrected chi connectivity index (χ4v) is 2.71. The van der Waals surface area contributed by atoms with Crippen molar-refractivity contribution in [2.75, 3.05) is 10.5 Å². The van der Waals surface area contributed by atoms with Gasteiger partial charge in [-0.15, -0.1) is 0 Å². The van der Waals surface area contributed by atoms with Crippen LogP contribution in [-0.4, -0.2) is 23.2 Å². The molecule has 18 heavy (non-hydrogen) atoms. The summed E-state index contributed by atoms with van der Waals surface area (Å²) in [5, 5.41) is 3.80. The number of nitrogens with one attached hydrogen (secondary N) is 1. The highest BCUT2D eigenvalue weighted by atomic mass is 32.2. The molecule has 0 amide bonds. The number of anilines is 2. The molecule has 3 N–H and O–H groups in total. The molecular weight excluding hydrogens is 254 g/mol. The number of sulfonamides is 1. The van der Waals surface area contributed by atoms with E-state index in [-0.39, 0.29) is 10.7 Å². The molecule has 2 aromatic rings. The summed E-state index contributed by atoms with van der Waals surface area (Å²) in [4.78, 5) is 3.85. The number of nitrogens with two attached hydrogens (primary N) is 1. The summed E-state index contributed by atoms with van der Waals surface area (Å²) in [5.41, 5.74) is 6.75. The van der Waals surface area contributed by atoms with Crippen molar-refractivity contribution >= 4 is 21.5 Å². The summed E-state index contributed by atoms with van der Waals surface area (Å²) < 4.78 is 28.1. The van der Waals surface area contributed by atoms with Gasteiger partial charge in [-0.2, -0.15) is 5.10 Å². The standard InChI is InChI=1S/C10H13N5O2S/c1-7-5-12-4-3-8(7)14-18(16,17)9-6-15(2)13-10(9)11/h3-6H,1-2H3,(H2,11,13)(H,12,14). The van der Waals surface area contributed by atoms with Gasteiger partial charge < -0.3 is 5.73 Å². The van der Waals surface area contributed by atoms with Crippen LogP contribution in [0.25, 0.3) is 0 Å². The van der Waals surface area contributed by atoms with Crippen molar-refractivity contribution in [3.05, 3.63) is 30.2 Å². The number of nitrogens with zero attached hydrogens (tertiary/aromatic N) is 3. The van der Waals surface area contributed by atoms with Crippen LogP contribution in [-0.2, 0) is 17.1 Å². The van der Waals surface area contributed by atoms with Gasteiger partial charge in [-0.1, -0.05) is 0 Å². The molecule has 2 heterocycles. The van der Waals surface area contributed by atoms with E-state index >= 15 is 0 Å². The van der Waals surface area contributed by atoms with Crippen molar-refractivity contribution in [3.63, 3.8) is 0 Å². The van der Waals surface area contributed by atoms with E-state index in [9.17, 15) is 8.42 Å². The Morgan fingerprint density at radius 1 is 1.44 bits per heavy atom. The Hall–Kier alpha value is -2.09. The first-order chi connectivity index (χ1) is 8.40. The second-order valence-corrected chi connectivity index (χ2v) is 5.50. The second kappa shape index (κ2) is 4.30. The molecule has 0 spiro atoms. The SMILES string of the molecule is Cc1cnccc1NS(=O)(=O)c1cn(C)nc1N. The van der Waals surface area contributed by atoms with E-state index in [1.807, 2.05) is 0 Å². The zero-order valence-corrected chi connectivity index (χ0v) is 10.8. The highest BCUT2D eigenvalue weighted by molar-refractivity contribution is 7.92. The van der Waals surface area contributed by atoms with Gasteiger partial charge in [-0.3, -0.25) is 14.4 Å². The minimum Gasteiger partial charge on any atom is -0.381 e. The van der Waals surface area contributed by atoms with Crippen molar-refractivity contribution in [1.29, 1.82) is 0 Å². The van der Waals surface area contributed by atoms with Crippen LogP contribution in [0.4, 0.5) is 11.5 Å². The van der Waals surface area contributed by atoms with E-state index in [2.05, 4.69) is 14.8 Å². The molecule has 0 bridgehead atoms. The lowest BCUT2D eigenvalue weighted by molar-refractivity contribution is 0.601. The summed E-state index contributed by atoms with van der Waals surface area (Å²) in [7, 11) is -2.13. The minimum atomic E-state index is -3.73. The number of hydrogen-bond donors (Lipinski definition) is 2. The van der Waals surface area contributed by atoms with Crippen LogP contribution in [0.2, 0.25) is 0 Å². The van der Waals surface area contributed by atoms with Crippen LogP contribution >= 0.6 is 0 Å². The number of nitrogen functional groups attached to an aromatic ring is 1. The Bertz CT molecular complexity index is 677. The van der Waals surface area contributed by atoms with Crippen LogP contribution in [0, 0.1) is 6.92 Å². The van der Waals surface area contributed by atoms with Gasteiger partial charge in [0.05, 0.1) is 5.69 Å². The zero-order valence-electron chi connectivity index (χ0n) is 9.95. The second-order valence-electron chi connectivity index (χ2n) is 3.85. The third kappa shape index (κ3) is 2.28. The van der Waals surface area contributed by atoms with Gasteiger partial charge in [0.25, 0.3) is 10.0 Å². The van der Waals surface area contributed by atoms with Crippen molar-refractivity contribution in [3.8, 4) is 0 Å². The summed E-state index contributed by atoms with van der Waals surface area (Å²) >= 11 is 0. The molecule has 0 atom stereocenters. The Morgan fingerprint density at radius 3 is 2.72 bits per heavy atom. The first kappa shape index (κ1) is 12.4. The number of hydrogen-bond acceptors (Lipinski definition) is 5. The number of aromatic nitrogens is 3. The molecule has 0 unspecified atom stereocenters. The zero-order chi connectivity index (χ0) is 13.3. The third-order valence-corrected chi connectivity index (χ3v) is 3.76. The van der Waals surface area contributed by atoms with Crippen molar-refractivity contribution in [1.82, 2.24) is 14.8 Å². The Balaban J connectivity index is 2.40. The van der Waals surface area contributed by atoms with Gasteiger partial charge in [-0.25, -0.2) is 8.42 Å². The lowest BCUT2D eigenvalue weighted by Gasteiger charge is -2.08. The molecule has 2 rings (SSSR count).